The monoisotopic (exact) mass is 279 g/mol. The first kappa shape index (κ1) is 13.3. The molecule has 1 N–H and O–H groups in total. The number of rotatable bonds is 4. The minimum atomic E-state index is -1.27. The molecule has 9 heteroatoms. The van der Waals surface area contributed by atoms with Gasteiger partial charge in [0.05, 0.1) is 4.92 Å². The maximum atomic E-state index is 13.4. The molecule has 0 amide bonds. The molecule has 0 saturated heterocycles. The van der Waals surface area contributed by atoms with E-state index in [0.717, 1.165) is 30.5 Å². The van der Waals surface area contributed by atoms with Gasteiger partial charge in [-0.1, -0.05) is 0 Å². The van der Waals surface area contributed by atoms with Crippen molar-refractivity contribution in [2.75, 3.05) is 0 Å². The molecule has 0 atom stereocenters. The number of benzene rings is 1. The van der Waals surface area contributed by atoms with Crippen LogP contribution in [-0.2, 0) is 0 Å². The van der Waals surface area contributed by atoms with Crippen LogP contribution < -0.4 is 4.74 Å². The Morgan fingerprint density at radius 3 is 2.75 bits per heavy atom. The summed E-state index contributed by atoms with van der Waals surface area (Å²) < 4.78 is 18.4. The molecule has 8 nitrogen and oxygen atoms in total. The normalized spacial score (nSPS) is 10.1. The largest absolute Gasteiger partial charge is 0.477 e. The van der Waals surface area contributed by atoms with Crippen LogP contribution in [0.5, 0.6) is 11.8 Å². The molecule has 0 fully saturated rings. The van der Waals surface area contributed by atoms with E-state index >= 15 is 0 Å². The van der Waals surface area contributed by atoms with Crippen LogP contribution in [0.15, 0.2) is 30.5 Å². The molecule has 0 bridgehead atoms. The molecule has 1 aromatic carbocycles. The zero-order valence-electron chi connectivity index (χ0n) is 9.69. The van der Waals surface area contributed by atoms with Gasteiger partial charge in [0.1, 0.15) is 5.75 Å². The van der Waals surface area contributed by atoms with Crippen LogP contribution in [0, 0.1) is 15.9 Å². The molecule has 0 spiro atoms. The Balaban J connectivity index is 2.26. The third-order valence-corrected chi connectivity index (χ3v) is 2.18. The summed E-state index contributed by atoms with van der Waals surface area (Å²) in [6.45, 7) is 0. The molecular weight excluding hydrogens is 273 g/mol. The van der Waals surface area contributed by atoms with Crippen molar-refractivity contribution >= 4 is 11.7 Å². The summed E-state index contributed by atoms with van der Waals surface area (Å²) in [6, 6.07) is 3.71. The summed E-state index contributed by atoms with van der Waals surface area (Å²) in [5.74, 6) is -2.44. The minimum Gasteiger partial charge on any atom is -0.477 e. The zero-order chi connectivity index (χ0) is 14.7. The van der Waals surface area contributed by atoms with Crippen LogP contribution in [0.2, 0.25) is 0 Å². The number of nitrogens with zero attached hydrogens (tertiary/aromatic N) is 3. The first-order chi connectivity index (χ1) is 9.47. The lowest BCUT2D eigenvalue weighted by atomic mass is 10.3. The van der Waals surface area contributed by atoms with Crippen LogP contribution in [0.4, 0.5) is 10.1 Å². The minimum absolute atomic E-state index is 0.0874. The maximum absolute atomic E-state index is 13.4. The second-order valence-electron chi connectivity index (χ2n) is 3.50. The topological polar surface area (TPSA) is 115 Å². The molecule has 0 aliphatic heterocycles. The number of nitro benzene ring substituents is 1. The van der Waals surface area contributed by atoms with Gasteiger partial charge in [0.2, 0.25) is 5.82 Å². The van der Waals surface area contributed by atoms with Crippen molar-refractivity contribution in [3.63, 3.8) is 0 Å². The number of carbonyl (C=O) groups is 1. The summed E-state index contributed by atoms with van der Waals surface area (Å²) >= 11 is 0. The van der Waals surface area contributed by atoms with Crippen molar-refractivity contribution in [1.82, 2.24) is 9.97 Å². The van der Waals surface area contributed by atoms with E-state index in [1.54, 1.807) is 0 Å². The number of halogens is 1. The van der Waals surface area contributed by atoms with Gasteiger partial charge in [-0.3, -0.25) is 10.1 Å². The van der Waals surface area contributed by atoms with Crippen molar-refractivity contribution in [3.8, 4) is 11.8 Å². The highest BCUT2D eigenvalue weighted by Crippen LogP contribution is 2.24. The number of hydrogen-bond acceptors (Lipinski definition) is 6. The summed E-state index contributed by atoms with van der Waals surface area (Å²) in [5, 5.41) is 19.2. The van der Waals surface area contributed by atoms with E-state index in [1.807, 2.05) is 0 Å². The Morgan fingerprint density at radius 1 is 1.40 bits per heavy atom. The van der Waals surface area contributed by atoms with Crippen molar-refractivity contribution < 1.29 is 24.0 Å². The van der Waals surface area contributed by atoms with Crippen LogP contribution in [0.1, 0.15) is 10.5 Å². The summed E-state index contributed by atoms with van der Waals surface area (Å²) in [6.07, 6.45) is 1.16. The summed E-state index contributed by atoms with van der Waals surface area (Å²) in [7, 11) is 0. The van der Waals surface area contributed by atoms with E-state index in [0.29, 0.717) is 0 Å². The molecular formula is C11H6FN3O5. The van der Waals surface area contributed by atoms with Gasteiger partial charge >= 0.3 is 17.7 Å². The van der Waals surface area contributed by atoms with Crippen LogP contribution in [0.3, 0.4) is 0 Å². The smallest absolute Gasteiger partial charge is 0.354 e. The van der Waals surface area contributed by atoms with Crippen LogP contribution >= 0.6 is 0 Å². The van der Waals surface area contributed by atoms with Gasteiger partial charge in [0.25, 0.3) is 0 Å². The van der Waals surface area contributed by atoms with E-state index in [-0.39, 0.29) is 17.5 Å². The Labute approximate surface area is 110 Å². The lowest BCUT2D eigenvalue weighted by Crippen LogP contribution is -2.02. The maximum Gasteiger partial charge on any atom is 0.354 e. The highest BCUT2D eigenvalue weighted by atomic mass is 19.1. The van der Waals surface area contributed by atoms with E-state index in [2.05, 4.69) is 9.97 Å². The van der Waals surface area contributed by atoms with E-state index in [4.69, 9.17) is 9.84 Å². The predicted molar refractivity (Wildman–Crippen MR) is 62.1 cm³/mol. The molecule has 20 heavy (non-hydrogen) atoms. The number of aromatic nitrogens is 2. The van der Waals surface area contributed by atoms with Gasteiger partial charge in [0.15, 0.2) is 5.69 Å². The number of ether oxygens (including phenoxy) is 1. The molecule has 2 aromatic rings. The van der Waals surface area contributed by atoms with Crippen LogP contribution in [0.25, 0.3) is 0 Å². The number of nitro groups is 1. The second-order valence-corrected chi connectivity index (χ2v) is 3.50. The Bertz CT molecular complexity index is 692. The first-order valence-corrected chi connectivity index (χ1v) is 5.15. The standard InChI is InChI=1S/C11H6FN3O5/c12-7-5-6(1-2-9(7)15(18)19)20-11-13-4-3-8(14-11)10(16)17/h1-5H,(H,16,17). The highest BCUT2D eigenvalue weighted by molar-refractivity contribution is 5.85. The van der Waals surface area contributed by atoms with Gasteiger partial charge in [-0.05, 0) is 12.1 Å². The fraction of sp³-hybridized carbons (Fsp3) is 0. The van der Waals surface area contributed by atoms with Gasteiger partial charge in [0, 0.05) is 18.3 Å². The molecule has 0 saturated carbocycles. The molecule has 102 valence electrons. The van der Waals surface area contributed by atoms with Crippen molar-refractivity contribution in [2.24, 2.45) is 0 Å². The van der Waals surface area contributed by atoms with Crippen molar-refractivity contribution in [3.05, 3.63) is 52.1 Å². The van der Waals surface area contributed by atoms with Crippen molar-refractivity contribution in [1.29, 1.82) is 0 Å². The SMILES string of the molecule is O=C(O)c1ccnc(Oc2ccc([N+](=O)[O-])c(F)c2)n1. The fourth-order valence-electron chi connectivity index (χ4n) is 1.31. The van der Waals surface area contributed by atoms with Gasteiger partial charge in [-0.15, -0.1) is 0 Å². The molecule has 1 aromatic heterocycles. The molecule has 0 aliphatic rings. The Hall–Kier alpha value is -3.10. The molecule has 0 radical (unpaired) electrons. The van der Waals surface area contributed by atoms with E-state index in [1.165, 1.54) is 0 Å². The number of carboxylic acids is 1. The molecule has 1 heterocycles. The second kappa shape index (κ2) is 5.26. The molecule has 2 rings (SSSR count). The van der Waals surface area contributed by atoms with E-state index < -0.39 is 22.4 Å². The van der Waals surface area contributed by atoms with E-state index in [9.17, 15) is 19.3 Å². The lowest BCUT2D eigenvalue weighted by molar-refractivity contribution is -0.387. The van der Waals surface area contributed by atoms with Crippen molar-refractivity contribution in [2.45, 2.75) is 0 Å². The predicted octanol–water partition coefficient (Wildman–Crippen LogP) is 2.01. The lowest BCUT2D eigenvalue weighted by Gasteiger charge is -2.04. The van der Waals surface area contributed by atoms with Gasteiger partial charge < -0.3 is 9.84 Å². The quantitative estimate of drug-likeness (QED) is 0.672. The average Bonchev–Trinajstić information content (AvgIpc) is 2.38. The summed E-state index contributed by atoms with van der Waals surface area (Å²) in [4.78, 5) is 27.5. The number of aromatic carboxylic acids is 1. The fourth-order valence-corrected chi connectivity index (χ4v) is 1.31. The Kier molecular flexibility index (Phi) is 3.51. The van der Waals surface area contributed by atoms with Gasteiger partial charge in [-0.25, -0.2) is 9.78 Å². The molecule has 0 unspecified atom stereocenters. The van der Waals surface area contributed by atoms with Crippen LogP contribution in [-0.4, -0.2) is 26.0 Å². The third-order valence-electron chi connectivity index (χ3n) is 2.18. The Morgan fingerprint density at radius 2 is 2.15 bits per heavy atom. The highest BCUT2D eigenvalue weighted by Gasteiger charge is 2.15. The third kappa shape index (κ3) is 2.83. The zero-order valence-corrected chi connectivity index (χ0v) is 9.69. The number of hydrogen-bond donors (Lipinski definition) is 1. The molecule has 0 aliphatic carbocycles. The first-order valence-electron chi connectivity index (χ1n) is 5.15. The number of carboxylic acid groups (broad SMARTS) is 1. The summed E-state index contributed by atoms with van der Waals surface area (Å²) in [5.41, 5.74) is -0.991. The average molecular weight is 279 g/mol. The van der Waals surface area contributed by atoms with Gasteiger partial charge in [-0.2, -0.15) is 9.37 Å².